The average molecular weight is 81.1 g/mol. The molecule has 0 aromatic carbocycles. The van der Waals surface area contributed by atoms with Gasteiger partial charge in [0.05, 0.1) is 5.54 Å². The number of fused-ring (bicyclic) bond motifs is 1. The fourth-order valence-electron chi connectivity index (χ4n) is 1.89. The van der Waals surface area contributed by atoms with Gasteiger partial charge < -0.3 is 0 Å². The van der Waals surface area contributed by atoms with E-state index in [9.17, 15) is 0 Å². The van der Waals surface area contributed by atoms with E-state index < -0.39 is 0 Å². The molecule has 3 atom stereocenters. The Labute approximate surface area is 36.9 Å². The number of hydrogen-bond donors (Lipinski definition) is 0. The number of rotatable bonds is 0. The molecule has 1 heteroatoms. The number of hydrogen-bond acceptors (Lipinski definition) is 1. The molecule has 1 aliphatic carbocycles. The summed E-state index contributed by atoms with van der Waals surface area (Å²) in [6, 6.07) is 0. The minimum Gasteiger partial charge on any atom is -0.285 e. The second kappa shape index (κ2) is 0.270. The lowest BCUT2D eigenvalue weighted by molar-refractivity contribution is 0.531. The molecule has 32 valence electrons. The summed E-state index contributed by atoms with van der Waals surface area (Å²) in [7, 11) is 0. The molecule has 6 heavy (non-hydrogen) atoms. The minimum atomic E-state index is 0.785. The standard InChI is InChI=1S/C5H7N/c1-4-2-5(4)3-6(4)5/h2-3H2,1H3. The highest BCUT2D eigenvalue weighted by Gasteiger charge is 2.99. The molecule has 2 aliphatic heterocycles. The molecule has 3 unspecified atom stereocenters. The second-order valence-electron chi connectivity index (χ2n) is 3.07. The molecule has 3 rings (SSSR count). The van der Waals surface area contributed by atoms with Gasteiger partial charge in [0.2, 0.25) is 0 Å². The van der Waals surface area contributed by atoms with E-state index in [0.717, 1.165) is 11.1 Å². The van der Waals surface area contributed by atoms with Crippen LogP contribution in [0.25, 0.3) is 0 Å². The molecule has 0 radical (unpaired) electrons. The van der Waals surface area contributed by atoms with Crippen LogP contribution in [0.4, 0.5) is 0 Å². The van der Waals surface area contributed by atoms with E-state index in [4.69, 9.17) is 0 Å². The second-order valence-corrected chi connectivity index (χ2v) is 3.07. The van der Waals surface area contributed by atoms with Crippen molar-refractivity contribution in [2.45, 2.75) is 24.4 Å². The zero-order valence-corrected chi connectivity index (χ0v) is 3.86. The maximum Gasteiger partial charge on any atom is 0.0543 e. The monoisotopic (exact) mass is 81.1 g/mol. The average Bonchev–Trinajstić information content (AvgIpc) is 2.27. The highest BCUT2D eigenvalue weighted by Crippen LogP contribution is 2.85. The predicted molar refractivity (Wildman–Crippen MR) is 22.5 cm³/mol. The van der Waals surface area contributed by atoms with Crippen LogP contribution in [-0.2, 0) is 0 Å². The van der Waals surface area contributed by atoms with Crippen LogP contribution in [0.2, 0.25) is 0 Å². The van der Waals surface area contributed by atoms with Crippen LogP contribution >= 0.6 is 0 Å². The molecule has 0 bridgehead atoms. The van der Waals surface area contributed by atoms with Gasteiger partial charge in [0, 0.05) is 12.1 Å². The first-order valence-electron chi connectivity index (χ1n) is 2.57. The van der Waals surface area contributed by atoms with Gasteiger partial charge >= 0.3 is 0 Å². The van der Waals surface area contributed by atoms with E-state index in [1.165, 1.54) is 13.0 Å². The third kappa shape index (κ3) is 0.0515. The molecule has 3 aliphatic rings. The van der Waals surface area contributed by atoms with Gasteiger partial charge in [-0.1, -0.05) is 0 Å². The summed E-state index contributed by atoms with van der Waals surface area (Å²) in [6.07, 6.45) is 1.51. The SMILES string of the molecule is CC12CC13CN23. The lowest BCUT2D eigenvalue weighted by Gasteiger charge is -1.92. The minimum absolute atomic E-state index is 0.785. The van der Waals surface area contributed by atoms with Crippen molar-refractivity contribution in [1.82, 2.24) is 4.90 Å². The molecule has 2 saturated heterocycles. The molecule has 1 saturated carbocycles. The van der Waals surface area contributed by atoms with E-state index in [1.807, 2.05) is 0 Å². The van der Waals surface area contributed by atoms with Gasteiger partial charge in [-0.3, -0.25) is 4.90 Å². The fraction of sp³-hybridized carbons (Fsp3) is 1.00. The summed E-state index contributed by atoms with van der Waals surface area (Å²) in [5.74, 6) is 0. The molecular formula is C5H7N. The maximum atomic E-state index is 2.56. The Morgan fingerprint density at radius 2 is 2.17 bits per heavy atom. The van der Waals surface area contributed by atoms with Crippen LogP contribution in [-0.4, -0.2) is 22.5 Å². The molecular weight excluding hydrogens is 74.1 g/mol. The van der Waals surface area contributed by atoms with Gasteiger partial charge in [-0.05, 0) is 13.3 Å². The van der Waals surface area contributed by atoms with Crippen LogP contribution in [0, 0.1) is 0 Å². The van der Waals surface area contributed by atoms with Crippen molar-refractivity contribution in [3.8, 4) is 0 Å². The van der Waals surface area contributed by atoms with E-state index in [0.29, 0.717) is 0 Å². The van der Waals surface area contributed by atoms with E-state index in [1.54, 1.807) is 0 Å². The summed E-state index contributed by atoms with van der Waals surface area (Å²) in [5.41, 5.74) is 1.64. The first-order chi connectivity index (χ1) is 2.80. The first-order valence-corrected chi connectivity index (χ1v) is 2.57. The Kier molecular flexibility index (Phi) is 0.104. The lowest BCUT2D eigenvalue weighted by Crippen LogP contribution is -2.02. The van der Waals surface area contributed by atoms with Gasteiger partial charge in [0.25, 0.3) is 0 Å². The van der Waals surface area contributed by atoms with Crippen molar-refractivity contribution >= 4 is 0 Å². The van der Waals surface area contributed by atoms with E-state index >= 15 is 0 Å². The zero-order valence-electron chi connectivity index (χ0n) is 3.86. The Hall–Kier alpha value is -0.0400. The van der Waals surface area contributed by atoms with Crippen molar-refractivity contribution in [2.24, 2.45) is 0 Å². The quantitative estimate of drug-likeness (QED) is 0.377. The van der Waals surface area contributed by atoms with E-state index in [-0.39, 0.29) is 0 Å². The normalized spacial score (nSPS) is 90.5. The van der Waals surface area contributed by atoms with Crippen molar-refractivity contribution < 1.29 is 0 Å². The Morgan fingerprint density at radius 1 is 1.67 bits per heavy atom. The molecule has 2 heterocycles. The highest BCUT2D eigenvalue weighted by molar-refractivity contribution is 5.56. The Morgan fingerprint density at radius 3 is 2.17 bits per heavy atom. The van der Waals surface area contributed by atoms with Crippen molar-refractivity contribution in [3.05, 3.63) is 0 Å². The third-order valence-corrected chi connectivity index (χ3v) is 2.89. The van der Waals surface area contributed by atoms with Crippen LogP contribution < -0.4 is 0 Å². The van der Waals surface area contributed by atoms with E-state index in [2.05, 4.69) is 11.8 Å². The summed E-state index contributed by atoms with van der Waals surface area (Å²) < 4.78 is 0. The lowest BCUT2D eigenvalue weighted by atomic mass is 10.3. The van der Waals surface area contributed by atoms with Gasteiger partial charge in [-0.15, -0.1) is 0 Å². The predicted octanol–water partition coefficient (Wildman–Crippen LogP) is 0.217. The largest absolute Gasteiger partial charge is 0.285 e. The number of nitrogens with zero attached hydrogens (tertiary/aromatic N) is 1. The van der Waals surface area contributed by atoms with Crippen LogP contribution in [0.3, 0.4) is 0 Å². The van der Waals surface area contributed by atoms with Crippen molar-refractivity contribution in [1.29, 1.82) is 0 Å². The summed E-state index contributed by atoms with van der Waals surface area (Å²) in [6.45, 7) is 3.79. The molecule has 3 fully saturated rings. The molecule has 0 aromatic rings. The Bertz CT molecular complexity index is 135. The highest BCUT2D eigenvalue weighted by atomic mass is 15.7. The van der Waals surface area contributed by atoms with Crippen LogP contribution in [0.5, 0.6) is 0 Å². The summed E-state index contributed by atoms with van der Waals surface area (Å²) in [4.78, 5) is 2.56. The van der Waals surface area contributed by atoms with Crippen LogP contribution in [0.1, 0.15) is 13.3 Å². The smallest absolute Gasteiger partial charge is 0.0543 e. The van der Waals surface area contributed by atoms with Crippen molar-refractivity contribution in [2.75, 3.05) is 6.54 Å². The maximum absolute atomic E-state index is 2.56. The third-order valence-electron chi connectivity index (χ3n) is 2.89. The van der Waals surface area contributed by atoms with Crippen LogP contribution in [0.15, 0.2) is 0 Å². The fourth-order valence-corrected chi connectivity index (χ4v) is 1.89. The zero-order chi connectivity index (χ0) is 3.99. The Balaban J connectivity index is 2.31. The van der Waals surface area contributed by atoms with Gasteiger partial charge in [-0.25, -0.2) is 0 Å². The molecule has 1 nitrogen and oxygen atoms in total. The molecule has 0 amide bonds. The topological polar surface area (TPSA) is 3.01 Å². The summed E-state index contributed by atoms with van der Waals surface area (Å²) >= 11 is 0. The first kappa shape index (κ1) is 2.31. The van der Waals surface area contributed by atoms with Gasteiger partial charge in [0.15, 0.2) is 0 Å². The summed E-state index contributed by atoms with van der Waals surface area (Å²) in [5, 5.41) is 0. The van der Waals surface area contributed by atoms with Gasteiger partial charge in [-0.2, -0.15) is 0 Å². The van der Waals surface area contributed by atoms with Crippen molar-refractivity contribution in [3.63, 3.8) is 0 Å². The molecule has 0 aromatic heterocycles. The molecule has 1 spiro atoms. The van der Waals surface area contributed by atoms with Gasteiger partial charge in [0.1, 0.15) is 0 Å². The molecule has 0 N–H and O–H groups in total.